The number of hydrogen-bond donors (Lipinski definition) is 2. The summed E-state index contributed by atoms with van der Waals surface area (Å²) in [5, 5.41) is 6.65. The van der Waals surface area contributed by atoms with Gasteiger partial charge in [0.2, 0.25) is 10.0 Å². The molecule has 0 radical (unpaired) electrons. The van der Waals surface area contributed by atoms with E-state index in [0.29, 0.717) is 35.9 Å². The molecule has 1 fully saturated rings. The number of hydrogen-bond acceptors (Lipinski definition) is 4. The lowest BCUT2D eigenvalue weighted by atomic mass is 10.1. The fourth-order valence-corrected chi connectivity index (χ4v) is 4.12. The third-order valence-corrected chi connectivity index (χ3v) is 5.37. The molecule has 0 bridgehead atoms. The van der Waals surface area contributed by atoms with Crippen molar-refractivity contribution in [2.45, 2.75) is 25.2 Å². The highest BCUT2D eigenvalue weighted by Crippen LogP contribution is 2.26. The van der Waals surface area contributed by atoms with Gasteiger partial charge in [0.05, 0.1) is 11.4 Å². The molecule has 17 heavy (non-hydrogen) atoms. The van der Waals surface area contributed by atoms with E-state index in [-0.39, 0.29) is 5.92 Å². The number of aryl methyl sites for hydroxylation is 2. The van der Waals surface area contributed by atoms with Crippen LogP contribution in [-0.4, -0.2) is 42.6 Å². The van der Waals surface area contributed by atoms with E-state index in [1.165, 1.54) is 4.31 Å². The second-order valence-electron chi connectivity index (χ2n) is 4.52. The Hall–Kier alpha value is -0.920. The van der Waals surface area contributed by atoms with Crippen molar-refractivity contribution < 1.29 is 8.42 Å². The van der Waals surface area contributed by atoms with E-state index >= 15 is 0 Å². The molecule has 1 aliphatic rings. The fourth-order valence-electron chi connectivity index (χ4n) is 2.26. The van der Waals surface area contributed by atoms with Gasteiger partial charge in [-0.25, -0.2) is 8.42 Å². The summed E-state index contributed by atoms with van der Waals surface area (Å²) in [6.07, 6.45) is 0.839. The van der Waals surface area contributed by atoms with Crippen molar-refractivity contribution in [3.05, 3.63) is 11.4 Å². The Morgan fingerprint density at radius 1 is 1.53 bits per heavy atom. The predicted molar refractivity (Wildman–Crippen MR) is 64.0 cm³/mol. The van der Waals surface area contributed by atoms with Crippen LogP contribution in [0.25, 0.3) is 0 Å². The van der Waals surface area contributed by atoms with Crippen molar-refractivity contribution in [3.8, 4) is 0 Å². The lowest BCUT2D eigenvalue weighted by Crippen LogP contribution is -2.30. The van der Waals surface area contributed by atoms with Crippen LogP contribution in [0.3, 0.4) is 0 Å². The standard InChI is InChI=1S/C10H18N4O2S/c1-7-10(8(2)13-12-7)17(15,16)14-4-3-9(5-11)6-14/h9H,3-6,11H2,1-2H3,(H,12,13). The molecule has 1 saturated heterocycles. The molecule has 1 unspecified atom stereocenters. The predicted octanol–water partition coefficient (Wildman–Crippen LogP) is -0.00416. The normalized spacial score (nSPS) is 22.2. The first kappa shape index (κ1) is 12.5. The summed E-state index contributed by atoms with van der Waals surface area (Å²) in [5.74, 6) is 0.275. The zero-order valence-corrected chi connectivity index (χ0v) is 10.9. The summed E-state index contributed by atoms with van der Waals surface area (Å²) in [6.45, 7) is 5.03. The number of nitrogens with two attached hydrogens (primary N) is 1. The molecule has 0 saturated carbocycles. The van der Waals surface area contributed by atoms with Gasteiger partial charge in [-0.05, 0) is 32.7 Å². The zero-order valence-electron chi connectivity index (χ0n) is 10.1. The Balaban J connectivity index is 2.32. The molecule has 1 aliphatic heterocycles. The molecule has 6 nitrogen and oxygen atoms in total. The number of rotatable bonds is 3. The molecule has 0 amide bonds. The Morgan fingerprint density at radius 2 is 2.24 bits per heavy atom. The number of nitrogens with zero attached hydrogens (tertiary/aromatic N) is 2. The van der Waals surface area contributed by atoms with Crippen molar-refractivity contribution in [1.29, 1.82) is 0 Å². The molecule has 0 aromatic carbocycles. The Morgan fingerprint density at radius 3 is 2.71 bits per heavy atom. The molecule has 2 rings (SSSR count). The van der Waals surface area contributed by atoms with Crippen molar-refractivity contribution in [2.24, 2.45) is 11.7 Å². The summed E-state index contributed by atoms with van der Waals surface area (Å²) >= 11 is 0. The quantitative estimate of drug-likeness (QED) is 0.798. The van der Waals surface area contributed by atoms with Gasteiger partial charge in [0.25, 0.3) is 0 Å². The molecule has 3 N–H and O–H groups in total. The van der Waals surface area contributed by atoms with Crippen LogP contribution in [0.2, 0.25) is 0 Å². The number of nitrogens with one attached hydrogen (secondary N) is 1. The van der Waals surface area contributed by atoms with Crippen LogP contribution in [0, 0.1) is 19.8 Å². The molecule has 0 spiro atoms. The molecule has 1 aromatic heterocycles. The summed E-state index contributed by atoms with van der Waals surface area (Å²) in [5.41, 5.74) is 6.70. The lowest BCUT2D eigenvalue weighted by Gasteiger charge is -2.16. The Labute approximate surface area is 101 Å². The maximum atomic E-state index is 12.4. The van der Waals surface area contributed by atoms with E-state index < -0.39 is 10.0 Å². The van der Waals surface area contributed by atoms with Crippen molar-refractivity contribution in [1.82, 2.24) is 14.5 Å². The van der Waals surface area contributed by atoms with Crippen LogP contribution in [0.1, 0.15) is 17.8 Å². The van der Waals surface area contributed by atoms with Gasteiger partial charge in [-0.3, -0.25) is 5.10 Å². The highest BCUT2D eigenvalue weighted by atomic mass is 32.2. The highest BCUT2D eigenvalue weighted by molar-refractivity contribution is 7.89. The van der Waals surface area contributed by atoms with Gasteiger partial charge in [-0.15, -0.1) is 0 Å². The average Bonchev–Trinajstić information content (AvgIpc) is 2.85. The Bertz CT molecular complexity index is 489. The molecule has 0 aliphatic carbocycles. The number of aromatic nitrogens is 2. The molecule has 2 heterocycles. The van der Waals surface area contributed by atoms with Crippen LogP contribution in [0.5, 0.6) is 0 Å². The highest BCUT2D eigenvalue weighted by Gasteiger charge is 2.34. The van der Waals surface area contributed by atoms with Gasteiger partial charge in [0.1, 0.15) is 4.90 Å². The SMILES string of the molecule is Cc1n[nH]c(C)c1S(=O)(=O)N1CCC(CN)C1. The van der Waals surface area contributed by atoms with Gasteiger partial charge in [-0.2, -0.15) is 9.40 Å². The van der Waals surface area contributed by atoms with Gasteiger partial charge >= 0.3 is 0 Å². The van der Waals surface area contributed by atoms with Crippen LogP contribution < -0.4 is 5.73 Å². The zero-order chi connectivity index (χ0) is 12.6. The molecule has 96 valence electrons. The van der Waals surface area contributed by atoms with Crippen LogP contribution in [0.4, 0.5) is 0 Å². The summed E-state index contributed by atoms with van der Waals surface area (Å²) in [7, 11) is -3.42. The maximum Gasteiger partial charge on any atom is 0.246 e. The van der Waals surface area contributed by atoms with Crippen LogP contribution in [0.15, 0.2) is 4.90 Å². The van der Waals surface area contributed by atoms with Crippen LogP contribution in [-0.2, 0) is 10.0 Å². The topological polar surface area (TPSA) is 92.1 Å². The summed E-state index contributed by atoms with van der Waals surface area (Å²) < 4.78 is 26.4. The summed E-state index contributed by atoms with van der Waals surface area (Å²) in [4.78, 5) is 0.315. The second-order valence-corrected chi connectivity index (χ2v) is 6.39. The van der Waals surface area contributed by atoms with Crippen LogP contribution >= 0.6 is 0 Å². The van der Waals surface area contributed by atoms with E-state index in [1.54, 1.807) is 13.8 Å². The fraction of sp³-hybridized carbons (Fsp3) is 0.700. The third-order valence-electron chi connectivity index (χ3n) is 3.24. The molecule has 1 aromatic rings. The monoisotopic (exact) mass is 258 g/mol. The first-order valence-corrected chi connectivity index (χ1v) is 7.12. The van der Waals surface area contributed by atoms with Gasteiger partial charge in [-0.1, -0.05) is 0 Å². The average molecular weight is 258 g/mol. The minimum Gasteiger partial charge on any atom is -0.330 e. The van der Waals surface area contributed by atoms with Crippen molar-refractivity contribution >= 4 is 10.0 Å². The van der Waals surface area contributed by atoms with E-state index in [1.807, 2.05) is 0 Å². The number of sulfonamides is 1. The largest absolute Gasteiger partial charge is 0.330 e. The summed E-state index contributed by atoms with van der Waals surface area (Å²) in [6, 6.07) is 0. The minimum absolute atomic E-state index is 0.275. The lowest BCUT2D eigenvalue weighted by molar-refractivity contribution is 0.458. The Kier molecular flexibility index (Phi) is 3.24. The molecular weight excluding hydrogens is 240 g/mol. The van der Waals surface area contributed by atoms with Gasteiger partial charge in [0.15, 0.2) is 0 Å². The van der Waals surface area contributed by atoms with E-state index in [0.717, 1.165) is 6.42 Å². The van der Waals surface area contributed by atoms with Crippen molar-refractivity contribution in [2.75, 3.05) is 19.6 Å². The van der Waals surface area contributed by atoms with Gasteiger partial charge in [0, 0.05) is 13.1 Å². The minimum atomic E-state index is -3.42. The van der Waals surface area contributed by atoms with Gasteiger partial charge < -0.3 is 5.73 Å². The smallest absolute Gasteiger partial charge is 0.246 e. The molecular formula is C10H18N4O2S. The maximum absolute atomic E-state index is 12.4. The van der Waals surface area contributed by atoms with E-state index in [9.17, 15) is 8.42 Å². The molecule has 7 heteroatoms. The first-order chi connectivity index (χ1) is 7.96. The second kappa shape index (κ2) is 4.40. The number of aromatic amines is 1. The molecule has 1 atom stereocenters. The first-order valence-electron chi connectivity index (χ1n) is 5.68. The van der Waals surface area contributed by atoms with E-state index in [4.69, 9.17) is 5.73 Å². The number of H-pyrrole nitrogens is 1. The van der Waals surface area contributed by atoms with Crippen molar-refractivity contribution in [3.63, 3.8) is 0 Å². The third kappa shape index (κ3) is 2.10. The van der Waals surface area contributed by atoms with E-state index in [2.05, 4.69) is 10.2 Å².